The van der Waals surface area contributed by atoms with Crippen molar-refractivity contribution in [1.29, 1.82) is 0 Å². The number of benzene rings is 4. The van der Waals surface area contributed by atoms with Gasteiger partial charge in [-0.3, -0.25) is 0 Å². The predicted octanol–water partition coefficient (Wildman–Crippen LogP) is 7.10. The predicted molar refractivity (Wildman–Crippen MR) is 164 cm³/mol. The van der Waals surface area contributed by atoms with E-state index in [1.54, 1.807) is 0 Å². The summed E-state index contributed by atoms with van der Waals surface area (Å²) in [5, 5.41) is 4.19. The number of unbranched alkanes of at least 4 members (excludes halogenated alkanes) is 2. The van der Waals surface area contributed by atoms with Crippen LogP contribution in [0.2, 0.25) is 0 Å². The molecule has 0 aliphatic carbocycles. The zero-order chi connectivity index (χ0) is 25.9. The number of aromatic nitrogens is 1. The van der Waals surface area contributed by atoms with Crippen molar-refractivity contribution in [3.05, 3.63) is 151 Å². The van der Waals surface area contributed by atoms with Crippen LogP contribution in [-0.2, 0) is 12.6 Å². The molecular weight excluding hydrogens is 481 g/mol. The Balaban J connectivity index is 1.39. The monoisotopic (exact) mass is 517 g/mol. The van der Waals surface area contributed by atoms with Crippen LogP contribution in [-0.4, -0.2) is 11.6 Å². The minimum atomic E-state index is -2.41. The molecule has 0 atom stereocenters. The molecule has 0 amide bonds. The molecule has 0 aliphatic heterocycles. The van der Waals surface area contributed by atoms with E-state index >= 15 is 0 Å². The second-order valence-electron chi connectivity index (χ2n) is 9.79. The standard InChI is InChI=1S/C35H36NOP/c1-6-17-30(18-7-1)19-8-5-15-28-37-35-31(20-16-27-36-35)29-38(32-21-9-2-10-22-32,33-23-11-3-12-24-33)34-25-13-4-14-26-34/h1-4,6-7,9-14,16-18,20-27,38H,5,8,15,19,28-29H2. The molecule has 192 valence electrons. The number of hydrogen-bond donors (Lipinski definition) is 0. The summed E-state index contributed by atoms with van der Waals surface area (Å²) < 4.78 is 6.35. The van der Waals surface area contributed by atoms with E-state index < -0.39 is 7.26 Å². The number of rotatable bonds is 12. The summed E-state index contributed by atoms with van der Waals surface area (Å²) in [5.74, 6) is 0.773. The zero-order valence-corrected chi connectivity index (χ0v) is 22.9. The summed E-state index contributed by atoms with van der Waals surface area (Å²) in [7, 11) is -2.41. The van der Waals surface area contributed by atoms with Crippen LogP contribution >= 0.6 is 7.26 Å². The van der Waals surface area contributed by atoms with Crippen molar-refractivity contribution < 1.29 is 4.74 Å². The number of nitrogens with zero attached hydrogens (tertiary/aromatic N) is 1. The molecule has 0 aliphatic rings. The Kier molecular flexibility index (Phi) is 8.98. The summed E-state index contributed by atoms with van der Waals surface area (Å²) >= 11 is 0. The molecule has 0 fully saturated rings. The van der Waals surface area contributed by atoms with Gasteiger partial charge in [-0.1, -0.05) is 6.07 Å². The first-order valence-electron chi connectivity index (χ1n) is 13.6. The van der Waals surface area contributed by atoms with Gasteiger partial charge in [-0.15, -0.1) is 0 Å². The van der Waals surface area contributed by atoms with Gasteiger partial charge in [-0.05, 0) is 0 Å². The molecule has 1 heterocycles. The number of pyridine rings is 1. The second kappa shape index (κ2) is 13.2. The van der Waals surface area contributed by atoms with E-state index in [2.05, 4.69) is 127 Å². The van der Waals surface area contributed by atoms with Crippen LogP contribution in [0.5, 0.6) is 5.88 Å². The van der Waals surface area contributed by atoms with Gasteiger partial charge in [0, 0.05) is 0 Å². The Labute approximate surface area is 227 Å². The normalized spacial score (nSPS) is 11.7. The Morgan fingerprint density at radius 1 is 0.526 bits per heavy atom. The van der Waals surface area contributed by atoms with Crippen molar-refractivity contribution in [3.63, 3.8) is 0 Å². The minimum absolute atomic E-state index is 0.690. The van der Waals surface area contributed by atoms with Gasteiger partial charge in [0.15, 0.2) is 0 Å². The van der Waals surface area contributed by atoms with Gasteiger partial charge in [0.1, 0.15) is 0 Å². The third-order valence-corrected chi connectivity index (χ3v) is 12.2. The summed E-state index contributed by atoms with van der Waals surface area (Å²) in [6, 6.07) is 48.1. The molecule has 5 aromatic rings. The second-order valence-corrected chi connectivity index (χ2v) is 13.7. The van der Waals surface area contributed by atoms with Crippen molar-refractivity contribution in [1.82, 2.24) is 4.98 Å². The van der Waals surface area contributed by atoms with E-state index in [4.69, 9.17) is 9.72 Å². The van der Waals surface area contributed by atoms with Gasteiger partial charge in [-0.2, -0.15) is 0 Å². The van der Waals surface area contributed by atoms with Crippen LogP contribution in [0.4, 0.5) is 0 Å². The Bertz CT molecular complexity index is 1280. The van der Waals surface area contributed by atoms with Crippen molar-refractivity contribution in [3.8, 4) is 5.88 Å². The van der Waals surface area contributed by atoms with Gasteiger partial charge < -0.3 is 0 Å². The average molecular weight is 518 g/mol. The third-order valence-electron chi connectivity index (χ3n) is 7.30. The molecule has 0 N–H and O–H groups in total. The molecule has 38 heavy (non-hydrogen) atoms. The molecule has 0 saturated heterocycles. The van der Waals surface area contributed by atoms with Crippen LogP contribution in [0.3, 0.4) is 0 Å². The van der Waals surface area contributed by atoms with E-state index in [-0.39, 0.29) is 0 Å². The van der Waals surface area contributed by atoms with Crippen molar-refractivity contribution in [2.75, 3.05) is 6.61 Å². The van der Waals surface area contributed by atoms with Crippen molar-refractivity contribution in [2.45, 2.75) is 31.8 Å². The molecule has 1 aromatic heterocycles. The van der Waals surface area contributed by atoms with E-state index in [0.717, 1.165) is 31.3 Å². The molecule has 3 heteroatoms. The van der Waals surface area contributed by atoms with Crippen LogP contribution in [0, 0.1) is 0 Å². The maximum absolute atomic E-state index is 6.35. The first-order chi connectivity index (χ1) is 18.9. The van der Waals surface area contributed by atoms with Crippen LogP contribution < -0.4 is 20.7 Å². The molecule has 0 saturated carbocycles. The van der Waals surface area contributed by atoms with E-state index in [1.165, 1.54) is 33.5 Å². The fourth-order valence-corrected chi connectivity index (χ4v) is 10.1. The molecule has 5 rings (SSSR count). The van der Waals surface area contributed by atoms with Gasteiger partial charge in [0.05, 0.1) is 0 Å². The number of hydrogen-bond acceptors (Lipinski definition) is 2. The Morgan fingerprint density at radius 2 is 1.05 bits per heavy atom. The quantitative estimate of drug-likeness (QED) is 0.130. The Hall–Kier alpha value is -3.74. The number of aryl methyl sites for hydroxylation is 1. The molecule has 4 aromatic carbocycles. The third kappa shape index (κ3) is 6.21. The van der Waals surface area contributed by atoms with E-state index in [1.807, 2.05) is 12.3 Å². The topological polar surface area (TPSA) is 22.1 Å². The van der Waals surface area contributed by atoms with Crippen LogP contribution in [0.15, 0.2) is 140 Å². The average Bonchev–Trinajstić information content (AvgIpc) is 3.00. The summed E-state index contributed by atoms with van der Waals surface area (Å²) in [4.78, 5) is 4.71. The first-order valence-corrected chi connectivity index (χ1v) is 15.8. The SMILES string of the molecule is c1ccc(CCCCCOc2ncccc2C[PH](c2ccccc2)(c2ccccc2)c2ccccc2)cc1. The molecule has 2 nitrogen and oxygen atoms in total. The van der Waals surface area contributed by atoms with Gasteiger partial charge in [0.2, 0.25) is 0 Å². The molecule has 0 spiro atoms. The zero-order valence-electron chi connectivity index (χ0n) is 21.9. The number of ether oxygens (including phenoxy) is 1. The van der Waals surface area contributed by atoms with Crippen molar-refractivity contribution >= 4 is 23.2 Å². The van der Waals surface area contributed by atoms with Crippen LogP contribution in [0.1, 0.15) is 30.4 Å². The summed E-state index contributed by atoms with van der Waals surface area (Å²) in [6.07, 6.45) is 7.21. The van der Waals surface area contributed by atoms with Gasteiger partial charge in [0.25, 0.3) is 0 Å². The van der Waals surface area contributed by atoms with Gasteiger partial charge >= 0.3 is 222 Å². The molecule has 0 radical (unpaired) electrons. The molecular formula is C35H36NOP. The van der Waals surface area contributed by atoms with Crippen LogP contribution in [0.25, 0.3) is 0 Å². The van der Waals surface area contributed by atoms with Crippen molar-refractivity contribution in [2.24, 2.45) is 0 Å². The Morgan fingerprint density at radius 3 is 1.61 bits per heavy atom. The van der Waals surface area contributed by atoms with E-state index in [0.29, 0.717) is 6.61 Å². The molecule has 0 bridgehead atoms. The fraction of sp³-hybridized carbons (Fsp3) is 0.171. The van der Waals surface area contributed by atoms with Gasteiger partial charge in [-0.25, -0.2) is 0 Å². The summed E-state index contributed by atoms with van der Waals surface area (Å²) in [5.41, 5.74) is 2.59. The molecule has 0 unspecified atom stereocenters. The first kappa shape index (κ1) is 25.9. The maximum atomic E-state index is 6.35. The fourth-order valence-electron chi connectivity index (χ4n) is 5.37. The summed E-state index contributed by atoms with van der Waals surface area (Å²) in [6.45, 7) is 0.690. The van der Waals surface area contributed by atoms with E-state index in [9.17, 15) is 0 Å².